The normalized spacial score (nSPS) is 36.5. The Hall–Kier alpha value is -0.800. The first-order chi connectivity index (χ1) is 15.8. The first-order valence-corrected chi connectivity index (χ1v) is 12.1. The van der Waals surface area contributed by atoms with E-state index in [1.807, 2.05) is 19.1 Å². The lowest BCUT2D eigenvalue weighted by molar-refractivity contribution is -0.295. The third-order valence-corrected chi connectivity index (χ3v) is 7.60. The summed E-state index contributed by atoms with van der Waals surface area (Å²) in [5, 5.41) is 10.9. The van der Waals surface area contributed by atoms with Crippen LogP contribution in [0, 0.1) is 23.7 Å². The highest BCUT2D eigenvalue weighted by molar-refractivity contribution is 5.19. The van der Waals surface area contributed by atoms with Crippen molar-refractivity contribution in [3.05, 3.63) is 23.8 Å². The van der Waals surface area contributed by atoms with Crippen molar-refractivity contribution in [3.63, 3.8) is 0 Å². The summed E-state index contributed by atoms with van der Waals surface area (Å²) in [6.45, 7) is 8.47. The molecule has 0 aromatic heterocycles. The number of ether oxygens (including phenoxy) is 6. The molecular formula is C26H46O7. The van der Waals surface area contributed by atoms with Gasteiger partial charge in [0.1, 0.15) is 24.4 Å². The molecule has 0 spiro atoms. The molecule has 1 saturated heterocycles. The Labute approximate surface area is 200 Å². The summed E-state index contributed by atoms with van der Waals surface area (Å²) < 4.78 is 34.2. The van der Waals surface area contributed by atoms with Crippen molar-refractivity contribution in [2.24, 2.45) is 23.7 Å². The fourth-order valence-electron chi connectivity index (χ4n) is 5.38. The smallest absolute Gasteiger partial charge is 0.186 e. The number of rotatable bonds is 13. The van der Waals surface area contributed by atoms with Crippen molar-refractivity contribution in [2.45, 2.75) is 83.5 Å². The van der Waals surface area contributed by atoms with Gasteiger partial charge in [0.05, 0.1) is 12.2 Å². The van der Waals surface area contributed by atoms with Gasteiger partial charge < -0.3 is 33.5 Å². The van der Waals surface area contributed by atoms with Crippen LogP contribution in [0.1, 0.15) is 40.5 Å². The molecule has 2 rings (SSSR count). The Morgan fingerprint density at radius 2 is 1.61 bits per heavy atom. The summed E-state index contributed by atoms with van der Waals surface area (Å²) in [6.07, 6.45) is 6.10. The molecular weight excluding hydrogens is 424 g/mol. The zero-order valence-corrected chi connectivity index (χ0v) is 21.9. The van der Waals surface area contributed by atoms with Gasteiger partial charge in [-0.25, -0.2) is 0 Å². The molecule has 192 valence electrons. The maximum Gasteiger partial charge on any atom is 0.186 e. The highest BCUT2D eigenvalue weighted by Crippen LogP contribution is 2.49. The van der Waals surface area contributed by atoms with E-state index in [4.69, 9.17) is 28.4 Å². The Balaban J connectivity index is 2.02. The molecule has 7 nitrogen and oxygen atoms in total. The van der Waals surface area contributed by atoms with E-state index in [2.05, 4.69) is 26.8 Å². The lowest BCUT2D eigenvalue weighted by Gasteiger charge is -2.44. The number of hydrogen-bond acceptors (Lipinski definition) is 7. The average molecular weight is 471 g/mol. The molecule has 2 fully saturated rings. The highest BCUT2D eigenvalue weighted by Gasteiger charge is 2.49. The average Bonchev–Trinajstić information content (AvgIpc) is 3.63. The Morgan fingerprint density at radius 3 is 2.12 bits per heavy atom. The summed E-state index contributed by atoms with van der Waals surface area (Å²) >= 11 is 0. The van der Waals surface area contributed by atoms with Gasteiger partial charge in [-0.1, -0.05) is 39.0 Å². The van der Waals surface area contributed by atoms with Crippen molar-refractivity contribution in [2.75, 3.05) is 35.5 Å². The largest absolute Gasteiger partial charge is 0.392 e. The second-order valence-electron chi connectivity index (χ2n) is 9.51. The van der Waals surface area contributed by atoms with Gasteiger partial charge in [-0.3, -0.25) is 0 Å². The molecule has 0 amide bonds. The van der Waals surface area contributed by atoms with Gasteiger partial charge in [0, 0.05) is 41.5 Å². The van der Waals surface area contributed by atoms with Crippen molar-refractivity contribution in [3.8, 4) is 0 Å². The van der Waals surface area contributed by atoms with Gasteiger partial charge in [0.25, 0.3) is 0 Å². The minimum absolute atomic E-state index is 0.0562. The minimum atomic E-state index is -0.558. The first-order valence-electron chi connectivity index (χ1n) is 12.1. The van der Waals surface area contributed by atoms with Crippen molar-refractivity contribution >= 4 is 0 Å². The first kappa shape index (κ1) is 28.4. The predicted octanol–water partition coefficient (Wildman–Crippen LogP) is 3.60. The van der Waals surface area contributed by atoms with E-state index in [-0.39, 0.29) is 42.5 Å². The predicted molar refractivity (Wildman–Crippen MR) is 128 cm³/mol. The molecule has 11 atom stereocenters. The fourth-order valence-corrected chi connectivity index (χ4v) is 5.38. The van der Waals surface area contributed by atoms with Gasteiger partial charge in [-0.15, -0.1) is 0 Å². The molecule has 1 heterocycles. The molecule has 1 aliphatic heterocycles. The van der Waals surface area contributed by atoms with Crippen molar-refractivity contribution in [1.29, 1.82) is 0 Å². The second kappa shape index (κ2) is 13.3. The van der Waals surface area contributed by atoms with Crippen LogP contribution in [-0.4, -0.2) is 83.6 Å². The van der Waals surface area contributed by atoms with Gasteiger partial charge in [0.15, 0.2) is 6.29 Å². The van der Waals surface area contributed by atoms with E-state index in [1.54, 1.807) is 35.5 Å². The molecule has 1 saturated carbocycles. The van der Waals surface area contributed by atoms with Crippen LogP contribution in [0.2, 0.25) is 0 Å². The van der Waals surface area contributed by atoms with Crippen molar-refractivity contribution in [1.82, 2.24) is 0 Å². The van der Waals surface area contributed by atoms with Crippen LogP contribution >= 0.6 is 0 Å². The molecule has 2 aliphatic rings. The highest BCUT2D eigenvalue weighted by atomic mass is 16.7. The summed E-state index contributed by atoms with van der Waals surface area (Å²) in [6, 6.07) is 0. The van der Waals surface area contributed by atoms with Crippen LogP contribution in [0.5, 0.6) is 0 Å². The molecule has 0 bridgehead atoms. The quantitative estimate of drug-likeness (QED) is 0.412. The number of hydrogen-bond donors (Lipinski definition) is 1. The van der Waals surface area contributed by atoms with Gasteiger partial charge in [-0.2, -0.15) is 0 Å². The SMILES string of the molecule is CC[C@H](OC)[C@@H](C)[C@H]1C[C@@H]1[C@H](O)[C@@H](C)/C=C/C=C(\C)[C@H]1O[C@H](OC)[C@H](OC)[C@@H](OC)[C@H]1OC. The summed E-state index contributed by atoms with van der Waals surface area (Å²) in [7, 11) is 8.27. The molecule has 0 aromatic rings. The van der Waals surface area contributed by atoms with Crippen LogP contribution in [0.3, 0.4) is 0 Å². The summed E-state index contributed by atoms with van der Waals surface area (Å²) in [5.41, 5.74) is 0.988. The number of allylic oxidation sites excluding steroid dienone is 2. The zero-order chi connectivity index (χ0) is 24.7. The van der Waals surface area contributed by atoms with E-state index in [0.29, 0.717) is 17.8 Å². The van der Waals surface area contributed by atoms with Gasteiger partial charge >= 0.3 is 0 Å². The van der Waals surface area contributed by atoms with Crippen LogP contribution in [0.15, 0.2) is 23.8 Å². The maximum absolute atomic E-state index is 10.9. The third-order valence-electron chi connectivity index (χ3n) is 7.60. The van der Waals surface area contributed by atoms with Crippen LogP contribution < -0.4 is 0 Å². The topological polar surface area (TPSA) is 75.6 Å². The summed E-state index contributed by atoms with van der Waals surface area (Å²) in [4.78, 5) is 0. The van der Waals surface area contributed by atoms with Crippen LogP contribution in [0.4, 0.5) is 0 Å². The van der Waals surface area contributed by atoms with E-state index in [1.165, 1.54) is 0 Å². The van der Waals surface area contributed by atoms with Gasteiger partial charge in [0.2, 0.25) is 0 Å². The van der Waals surface area contributed by atoms with E-state index in [9.17, 15) is 5.11 Å². The molecule has 7 heteroatoms. The maximum atomic E-state index is 10.9. The van der Waals surface area contributed by atoms with Crippen LogP contribution in [-0.2, 0) is 28.4 Å². The third kappa shape index (κ3) is 6.66. The Bertz CT molecular complexity index is 632. The molecule has 1 N–H and O–H groups in total. The Morgan fingerprint density at radius 1 is 0.970 bits per heavy atom. The molecule has 0 unspecified atom stereocenters. The van der Waals surface area contributed by atoms with Gasteiger partial charge in [-0.05, 0) is 43.1 Å². The Kier molecular flexibility index (Phi) is 11.5. The number of aliphatic hydroxyl groups excluding tert-OH is 1. The fraction of sp³-hybridized carbons (Fsp3) is 0.846. The molecule has 1 aliphatic carbocycles. The van der Waals surface area contributed by atoms with Crippen LogP contribution in [0.25, 0.3) is 0 Å². The van der Waals surface area contributed by atoms with E-state index in [0.717, 1.165) is 18.4 Å². The number of aliphatic hydroxyl groups is 1. The van der Waals surface area contributed by atoms with Crippen molar-refractivity contribution < 1.29 is 33.5 Å². The second-order valence-corrected chi connectivity index (χ2v) is 9.51. The molecule has 0 aromatic carbocycles. The standard InChI is InChI=1S/C26H46O7/c1-10-20(28-5)17(4)18-14-19(18)21(27)15(2)12-11-13-16(3)22-23(29-6)24(30-7)25(31-8)26(32-9)33-22/h11-13,15,17-27H,10,14H2,1-9H3/b12-11+,16-13+/t15-,17-,18+,19-,20-,21+,22+,23-,24-,25+,26-/m0/s1. The zero-order valence-electron chi connectivity index (χ0n) is 21.9. The molecule has 33 heavy (non-hydrogen) atoms. The van der Waals surface area contributed by atoms with E-state index < -0.39 is 6.29 Å². The monoisotopic (exact) mass is 470 g/mol. The van der Waals surface area contributed by atoms with E-state index >= 15 is 0 Å². The molecule has 0 radical (unpaired) electrons. The number of methoxy groups -OCH3 is 5. The lowest BCUT2D eigenvalue weighted by Crippen LogP contribution is -2.60. The lowest BCUT2D eigenvalue weighted by atomic mass is 9.91. The summed E-state index contributed by atoms with van der Waals surface area (Å²) in [5.74, 6) is 1.39. The minimum Gasteiger partial charge on any atom is -0.392 e.